The summed E-state index contributed by atoms with van der Waals surface area (Å²) in [5.74, 6) is 0.158. The van der Waals surface area contributed by atoms with Gasteiger partial charge in [-0.15, -0.1) is 0 Å². The van der Waals surface area contributed by atoms with Gasteiger partial charge in [-0.2, -0.15) is 0 Å². The number of urea groups is 1. The lowest BCUT2D eigenvalue weighted by Crippen LogP contribution is -2.54. The van der Waals surface area contributed by atoms with Crippen molar-refractivity contribution in [2.75, 3.05) is 39.3 Å². The Hall–Kier alpha value is -1.82. The largest absolute Gasteiger partial charge is 0.492 e. The molecule has 132 valence electrons. The van der Waals surface area contributed by atoms with Crippen LogP contribution in [-0.2, 0) is 0 Å². The number of hydrogen-bond acceptors (Lipinski definition) is 3. The van der Waals surface area contributed by atoms with E-state index in [1.54, 1.807) is 12.1 Å². The van der Waals surface area contributed by atoms with Crippen molar-refractivity contribution in [3.8, 4) is 5.75 Å². The van der Waals surface area contributed by atoms with Gasteiger partial charge in [0.05, 0.1) is 6.54 Å². The number of ether oxygens (including phenoxy) is 1. The topological polar surface area (TPSA) is 44.8 Å². The van der Waals surface area contributed by atoms with Gasteiger partial charge in [0.25, 0.3) is 0 Å². The summed E-state index contributed by atoms with van der Waals surface area (Å²) in [6.45, 7) is 4.26. The van der Waals surface area contributed by atoms with Crippen LogP contribution >= 0.6 is 0 Å². The van der Waals surface area contributed by atoms with Gasteiger partial charge in [-0.1, -0.05) is 18.9 Å². The smallest absolute Gasteiger partial charge is 0.317 e. The second-order valence-electron chi connectivity index (χ2n) is 6.50. The van der Waals surface area contributed by atoms with Crippen molar-refractivity contribution in [1.29, 1.82) is 0 Å². The van der Waals surface area contributed by atoms with E-state index in [4.69, 9.17) is 4.74 Å². The molecule has 0 bridgehead atoms. The number of nitrogens with one attached hydrogen (secondary N) is 1. The standard InChI is InChI=1S/C18H26FN3O2/c19-15-4-3-7-17(14-15)24-13-8-20-18(23)22-11-9-21(10-12-22)16-5-1-2-6-16/h3-4,7,14,16H,1-2,5-6,8-13H2,(H,20,23). The Labute approximate surface area is 142 Å². The van der Waals surface area contributed by atoms with Crippen LogP contribution in [0.4, 0.5) is 9.18 Å². The molecule has 0 aromatic heterocycles. The van der Waals surface area contributed by atoms with Crippen LogP contribution < -0.4 is 10.1 Å². The predicted molar refractivity (Wildman–Crippen MR) is 90.7 cm³/mol. The molecule has 0 unspecified atom stereocenters. The Morgan fingerprint density at radius 2 is 1.96 bits per heavy atom. The number of nitrogens with zero attached hydrogens (tertiary/aromatic N) is 2. The minimum atomic E-state index is -0.323. The molecule has 1 heterocycles. The average Bonchev–Trinajstić information content (AvgIpc) is 3.13. The summed E-state index contributed by atoms with van der Waals surface area (Å²) in [6.07, 6.45) is 5.31. The Kier molecular flexibility index (Phi) is 5.91. The van der Waals surface area contributed by atoms with E-state index in [2.05, 4.69) is 10.2 Å². The van der Waals surface area contributed by atoms with Crippen molar-refractivity contribution in [3.05, 3.63) is 30.1 Å². The summed E-state index contributed by atoms with van der Waals surface area (Å²) in [5.41, 5.74) is 0. The lowest BCUT2D eigenvalue weighted by Gasteiger charge is -2.38. The molecule has 3 rings (SSSR count). The Morgan fingerprint density at radius 1 is 1.21 bits per heavy atom. The highest BCUT2D eigenvalue weighted by atomic mass is 19.1. The summed E-state index contributed by atoms with van der Waals surface area (Å²) < 4.78 is 18.5. The molecule has 2 aliphatic rings. The second kappa shape index (κ2) is 8.33. The quantitative estimate of drug-likeness (QED) is 0.841. The molecule has 2 fully saturated rings. The number of halogens is 1. The number of hydrogen-bond donors (Lipinski definition) is 1. The van der Waals surface area contributed by atoms with Crippen LogP contribution in [0.15, 0.2) is 24.3 Å². The fourth-order valence-corrected chi connectivity index (χ4v) is 3.56. The highest BCUT2D eigenvalue weighted by Crippen LogP contribution is 2.24. The van der Waals surface area contributed by atoms with E-state index >= 15 is 0 Å². The van der Waals surface area contributed by atoms with Crippen molar-refractivity contribution < 1.29 is 13.9 Å². The maximum atomic E-state index is 13.0. The third kappa shape index (κ3) is 4.60. The number of carbonyl (C=O) groups is 1. The molecule has 1 saturated heterocycles. The van der Waals surface area contributed by atoms with E-state index < -0.39 is 0 Å². The van der Waals surface area contributed by atoms with E-state index in [0.29, 0.717) is 18.9 Å². The molecule has 0 spiro atoms. The van der Waals surface area contributed by atoms with Gasteiger partial charge in [0.15, 0.2) is 0 Å². The third-order valence-corrected chi connectivity index (χ3v) is 4.89. The normalized spacial score (nSPS) is 19.5. The molecule has 6 heteroatoms. The molecule has 0 radical (unpaired) electrons. The van der Waals surface area contributed by atoms with E-state index in [1.165, 1.54) is 37.8 Å². The van der Waals surface area contributed by atoms with E-state index in [1.807, 2.05) is 4.90 Å². The molecule has 1 aliphatic carbocycles. The van der Waals surface area contributed by atoms with Crippen molar-refractivity contribution >= 4 is 6.03 Å². The summed E-state index contributed by atoms with van der Waals surface area (Å²) in [5, 5.41) is 2.87. The minimum absolute atomic E-state index is 0.0380. The van der Waals surface area contributed by atoms with Crippen molar-refractivity contribution in [2.45, 2.75) is 31.7 Å². The van der Waals surface area contributed by atoms with Crippen LogP contribution in [0, 0.1) is 5.82 Å². The molecule has 2 amide bonds. The number of piperazine rings is 1. The summed E-state index contributed by atoms with van der Waals surface area (Å²) in [4.78, 5) is 16.6. The van der Waals surface area contributed by atoms with Gasteiger partial charge in [0.2, 0.25) is 0 Å². The van der Waals surface area contributed by atoms with Gasteiger partial charge in [-0.25, -0.2) is 9.18 Å². The zero-order chi connectivity index (χ0) is 16.8. The van der Waals surface area contributed by atoms with Crippen LogP contribution in [0.5, 0.6) is 5.75 Å². The van der Waals surface area contributed by atoms with Gasteiger partial charge in [-0.3, -0.25) is 4.90 Å². The molecule has 24 heavy (non-hydrogen) atoms. The van der Waals surface area contributed by atoms with Gasteiger partial charge in [-0.05, 0) is 25.0 Å². The van der Waals surface area contributed by atoms with Crippen molar-refractivity contribution in [1.82, 2.24) is 15.1 Å². The fraction of sp³-hybridized carbons (Fsp3) is 0.611. The van der Waals surface area contributed by atoms with Crippen LogP contribution in [0.3, 0.4) is 0 Å². The van der Waals surface area contributed by atoms with E-state index in [9.17, 15) is 9.18 Å². The van der Waals surface area contributed by atoms with E-state index in [0.717, 1.165) is 32.2 Å². The third-order valence-electron chi connectivity index (χ3n) is 4.89. The van der Waals surface area contributed by atoms with Gasteiger partial charge in [0.1, 0.15) is 18.2 Å². The SMILES string of the molecule is O=C(NCCOc1cccc(F)c1)N1CCN(C2CCCC2)CC1. The number of benzene rings is 1. The highest BCUT2D eigenvalue weighted by Gasteiger charge is 2.27. The molecule has 1 aromatic rings. The molecular formula is C18H26FN3O2. The molecule has 1 saturated carbocycles. The summed E-state index contributed by atoms with van der Waals surface area (Å²) in [6, 6.07) is 6.71. The number of rotatable bonds is 5. The first-order chi connectivity index (χ1) is 11.7. The number of carbonyl (C=O) groups excluding carboxylic acids is 1. The van der Waals surface area contributed by atoms with Crippen LogP contribution in [0.1, 0.15) is 25.7 Å². The molecular weight excluding hydrogens is 309 g/mol. The zero-order valence-electron chi connectivity index (χ0n) is 14.0. The fourth-order valence-electron chi connectivity index (χ4n) is 3.56. The van der Waals surface area contributed by atoms with E-state index in [-0.39, 0.29) is 11.8 Å². The van der Waals surface area contributed by atoms with Gasteiger partial charge >= 0.3 is 6.03 Å². The summed E-state index contributed by atoms with van der Waals surface area (Å²) in [7, 11) is 0. The first kappa shape index (κ1) is 17.0. The van der Waals surface area contributed by atoms with Gasteiger partial charge in [0, 0.05) is 38.3 Å². The van der Waals surface area contributed by atoms with Gasteiger partial charge < -0.3 is 15.0 Å². The maximum absolute atomic E-state index is 13.0. The first-order valence-electron chi connectivity index (χ1n) is 8.87. The highest BCUT2D eigenvalue weighted by molar-refractivity contribution is 5.74. The predicted octanol–water partition coefficient (Wildman–Crippen LogP) is 2.47. The van der Waals surface area contributed by atoms with Crippen LogP contribution in [-0.4, -0.2) is 61.2 Å². The lowest BCUT2D eigenvalue weighted by atomic mass is 10.2. The second-order valence-corrected chi connectivity index (χ2v) is 6.50. The average molecular weight is 335 g/mol. The Morgan fingerprint density at radius 3 is 2.67 bits per heavy atom. The zero-order valence-corrected chi connectivity index (χ0v) is 14.0. The molecule has 1 N–H and O–H groups in total. The van der Waals surface area contributed by atoms with Crippen LogP contribution in [0.25, 0.3) is 0 Å². The molecule has 5 nitrogen and oxygen atoms in total. The van der Waals surface area contributed by atoms with Crippen molar-refractivity contribution in [3.63, 3.8) is 0 Å². The molecule has 0 atom stereocenters. The Bertz CT molecular complexity index is 541. The number of amides is 2. The molecule has 1 aromatic carbocycles. The van der Waals surface area contributed by atoms with Crippen molar-refractivity contribution in [2.24, 2.45) is 0 Å². The maximum Gasteiger partial charge on any atom is 0.317 e. The monoisotopic (exact) mass is 335 g/mol. The lowest BCUT2D eigenvalue weighted by molar-refractivity contribution is 0.109. The van der Waals surface area contributed by atoms with Crippen LogP contribution in [0.2, 0.25) is 0 Å². The summed E-state index contributed by atoms with van der Waals surface area (Å²) >= 11 is 0. The first-order valence-corrected chi connectivity index (χ1v) is 8.87. The molecule has 1 aliphatic heterocycles. The Balaban J connectivity index is 1.32. The minimum Gasteiger partial charge on any atom is -0.492 e.